The fraction of sp³-hybridized carbons (Fsp3) is 0.565. The third kappa shape index (κ3) is 6.71. The second-order valence-electron chi connectivity index (χ2n) is 10.0. The van der Waals surface area contributed by atoms with Gasteiger partial charge in [-0.1, -0.05) is 0 Å². The summed E-state index contributed by atoms with van der Waals surface area (Å²) in [7, 11) is 0. The van der Waals surface area contributed by atoms with Gasteiger partial charge in [0.05, 0.1) is 29.3 Å². The largest absolute Gasteiger partial charge is 0.444 e. The summed E-state index contributed by atoms with van der Waals surface area (Å²) in [5.74, 6) is -1.45. The zero-order chi connectivity index (χ0) is 26.9. The number of hydrogen-bond acceptors (Lipinski definition) is 6. The molecule has 0 radical (unpaired) electrons. The average molecular weight is 515 g/mol. The van der Waals surface area contributed by atoms with Gasteiger partial charge in [-0.25, -0.2) is 13.9 Å². The summed E-state index contributed by atoms with van der Waals surface area (Å²) in [4.78, 5) is 32.4. The van der Waals surface area contributed by atoms with E-state index in [1.165, 1.54) is 16.9 Å². The van der Waals surface area contributed by atoms with Gasteiger partial charge in [0.2, 0.25) is 5.91 Å². The first-order valence-corrected chi connectivity index (χ1v) is 11.3. The van der Waals surface area contributed by atoms with E-state index in [9.17, 15) is 27.2 Å². The molecule has 1 saturated heterocycles. The SMILES string of the molecule is CC(C)(C)OC(=O)N1CCN(C(C)(C)c2ccn(-c3cncc(F)c3)n2)C[C@H]1C(=O)NCC(F)(F)F. The molecule has 1 atom stereocenters. The molecule has 36 heavy (non-hydrogen) atoms. The molecule has 2 aromatic heterocycles. The highest BCUT2D eigenvalue weighted by Gasteiger charge is 2.43. The molecule has 2 aromatic rings. The highest BCUT2D eigenvalue weighted by molar-refractivity contribution is 5.86. The van der Waals surface area contributed by atoms with E-state index in [2.05, 4.69) is 10.1 Å². The standard InChI is InChI=1S/C23H30F4N6O3/c1-21(2,3)36-20(35)32-9-8-31(13-17(32)19(34)29-14-23(25,26)27)22(4,5)18-6-7-33(30-18)16-10-15(24)11-28-12-16/h6-7,10-12,17H,8-9,13-14H2,1-5H3,(H,29,34)/t17-/m0/s1. The number of aromatic nitrogens is 3. The molecule has 0 saturated carbocycles. The highest BCUT2D eigenvalue weighted by Crippen LogP contribution is 2.30. The van der Waals surface area contributed by atoms with Crippen LogP contribution in [0.15, 0.2) is 30.7 Å². The van der Waals surface area contributed by atoms with Gasteiger partial charge in [-0.05, 0) is 40.7 Å². The molecular weight excluding hydrogens is 484 g/mol. The van der Waals surface area contributed by atoms with Crippen LogP contribution in [0.3, 0.4) is 0 Å². The number of nitrogens with one attached hydrogen (secondary N) is 1. The fourth-order valence-electron chi connectivity index (χ4n) is 3.84. The van der Waals surface area contributed by atoms with Gasteiger partial charge in [0.1, 0.15) is 24.0 Å². The molecule has 1 fully saturated rings. The number of ether oxygens (including phenoxy) is 1. The molecule has 9 nitrogen and oxygen atoms in total. The van der Waals surface area contributed by atoms with Gasteiger partial charge >= 0.3 is 12.3 Å². The van der Waals surface area contributed by atoms with Crippen molar-refractivity contribution in [2.75, 3.05) is 26.2 Å². The molecule has 0 aromatic carbocycles. The summed E-state index contributed by atoms with van der Waals surface area (Å²) in [6.45, 7) is 7.47. The molecule has 0 aliphatic carbocycles. The average Bonchev–Trinajstić information content (AvgIpc) is 3.26. The van der Waals surface area contributed by atoms with Crippen molar-refractivity contribution in [3.8, 4) is 5.69 Å². The number of alkyl halides is 3. The number of carbonyl (C=O) groups excluding carboxylic acids is 2. The molecule has 13 heteroatoms. The van der Waals surface area contributed by atoms with E-state index >= 15 is 0 Å². The zero-order valence-corrected chi connectivity index (χ0v) is 20.8. The van der Waals surface area contributed by atoms with Crippen LogP contribution in [0, 0.1) is 5.82 Å². The monoisotopic (exact) mass is 514 g/mol. The van der Waals surface area contributed by atoms with E-state index in [1.807, 2.05) is 24.1 Å². The predicted molar refractivity (Wildman–Crippen MR) is 122 cm³/mol. The third-order valence-electron chi connectivity index (χ3n) is 5.74. The van der Waals surface area contributed by atoms with Gasteiger partial charge < -0.3 is 10.1 Å². The van der Waals surface area contributed by atoms with Crippen LogP contribution in [0.25, 0.3) is 5.69 Å². The minimum atomic E-state index is -4.60. The molecule has 2 amide bonds. The van der Waals surface area contributed by atoms with Crippen LogP contribution in [-0.2, 0) is 15.1 Å². The van der Waals surface area contributed by atoms with Crippen molar-refractivity contribution in [2.24, 2.45) is 0 Å². The van der Waals surface area contributed by atoms with E-state index in [4.69, 9.17) is 4.74 Å². The van der Waals surface area contributed by atoms with Crippen LogP contribution in [0.1, 0.15) is 40.3 Å². The van der Waals surface area contributed by atoms with Gasteiger partial charge in [0.15, 0.2) is 0 Å². The van der Waals surface area contributed by atoms with E-state index < -0.39 is 47.7 Å². The first-order chi connectivity index (χ1) is 16.6. The van der Waals surface area contributed by atoms with Gasteiger partial charge in [-0.2, -0.15) is 18.3 Å². The van der Waals surface area contributed by atoms with Crippen LogP contribution in [0.4, 0.5) is 22.4 Å². The van der Waals surface area contributed by atoms with Crippen LogP contribution in [-0.4, -0.2) is 80.6 Å². The van der Waals surface area contributed by atoms with Crippen molar-refractivity contribution < 1.29 is 31.9 Å². The molecular formula is C23H30F4N6O3. The van der Waals surface area contributed by atoms with Crippen LogP contribution >= 0.6 is 0 Å². The number of piperazine rings is 1. The molecule has 0 spiro atoms. The number of rotatable bonds is 5. The minimum absolute atomic E-state index is 0.0513. The van der Waals surface area contributed by atoms with Crippen molar-refractivity contribution in [1.29, 1.82) is 0 Å². The lowest BCUT2D eigenvalue weighted by molar-refractivity contribution is -0.143. The number of halogens is 4. The van der Waals surface area contributed by atoms with Crippen LogP contribution < -0.4 is 5.32 Å². The molecule has 0 unspecified atom stereocenters. The lowest BCUT2D eigenvalue weighted by atomic mass is 9.95. The summed E-state index contributed by atoms with van der Waals surface area (Å²) in [5, 5.41) is 6.40. The lowest BCUT2D eigenvalue weighted by Crippen LogP contribution is -2.64. The molecule has 198 valence electrons. The first kappa shape index (κ1) is 27.4. The Morgan fingerprint density at radius 3 is 2.44 bits per heavy atom. The van der Waals surface area contributed by atoms with Gasteiger partial charge in [0.25, 0.3) is 0 Å². The Kier molecular flexibility index (Phi) is 7.63. The van der Waals surface area contributed by atoms with E-state index in [0.717, 1.165) is 11.1 Å². The second kappa shape index (κ2) is 10.0. The van der Waals surface area contributed by atoms with Crippen molar-refractivity contribution in [3.05, 3.63) is 42.2 Å². The van der Waals surface area contributed by atoms with Crippen molar-refractivity contribution >= 4 is 12.0 Å². The fourth-order valence-corrected chi connectivity index (χ4v) is 3.84. The maximum absolute atomic E-state index is 13.6. The topological polar surface area (TPSA) is 92.6 Å². The first-order valence-electron chi connectivity index (χ1n) is 11.3. The van der Waals surface area contributed by atoms with Crippen LogP contribution in [0.5, 0.6) is 0 Å². The van der Waals surface area contributed by atoms with Crippen molar-refractivity contribution in [3.63, 3.8) is 0 Å². The lowest BCUT2D eigenvalue weighted by Gasteiger charge is -2.46. The Hall–Kier alpha value is -3.22. The predicted octanol–water partition coefficient (Wildman–Crippen LogP) is 3.24. The highest BCUT2D eigenvalue weighted by atomic mass is 19.4. The number of nitrogens with zero attached hydrogens (tertiary/aromatic N) is 5. The minimum Gasteiger partial charge on any atom is -0.444 e. The van der Waals surface area contributed by atoms with Gasteiger partial charge in [-0.3, -0.25) is 19.6 Å². The number of carbonyl (C=O) groups is 2. The van der Waals surface area contributed by atoms with Gasteiger partial charge in [0, 0.05) is 31.9 Å². The summed E-state index contributed by atoms with van der Waals surface area (Å²) in [6, 6.07) is 1.78. The summed E-state index contributed by atoms with van der Waals surface area (Å²) in [5.41, 5.74) is -0.642. The third-order valence-corrected chi connectivity index (χ3v) is 5.74. The maximum Gasteiger partial charge on any atom is 0.411 e. The Morgan fingerprint density at radius 2 is 1.83 bits per heavy atom. The number of hydrogen-bond donors (Lipinski definition) is 1. The van der Waals surface area contributed by atoms with E-state index in [0.29, 0.717) is 17.9 Å². The zero-order valence-electron chi connectivity index (χ0n) is 20.8. The molecule has 3 rings (SSSR count). The Balaban J connectivity index is 1.84. The van der Waals surface area contributed by atoms with E-state index in [1.54, 1.807) is 33.0 Å². The molecule has 1 N–H and O–H groups in total. The Bertz CT molecular complexity index is 1100. The molecule has 1 aliphatic heterocycles. The van der Waals surface area contributed by atoms with Crippen LogP contribution in [0.2, 0.25) is 0 Å². The summed E-state index contributed by atoms with van der Waals surface area (Å²) < 4.78 is 58.7. The van der Waals surface area contributed by atoms with Gasteiger partial charge in [-0.15, -0.1) is 0 Å². The molecule has 1 aliphatic rings. The van der Waals surface area contributed by atoms with E-state index in [-0.39, 0.29) is 13.1 Å². The number of pyridine rings is 1. The van der Waals surface area contributed by atoms with Crippen molar-refractivity contribution in [2.45, 2.75) is 58.0 Å². The second-order valence-corrected chi connectivity index (χ2v) is 10.0. The smallest absolute Gasteiger partial charge is 0.411 e. The Morgan fingerprint density at radius 1 is 1.14 bits per heavy atom. The molecule has 3 heterocycles. The van der Waals surface area contributed by atoms with Crippen molar-refractivity contribution in [1.82, 2.24) is 29.9 Å². The quantitative estimate of drug-likeness (QED) is 0.616. The Labute approximate surface area is 206 Å². The summed E-state index contributed by atoms with van der Waals surface area (Å²) >= 11 is 0. The molecule has 0 bridgehead atoms. The maximum atomic E-state index is 13.6. The normalized spacial score (nSPS) is 17.7. The number of amides is 2. The summed E-state index contributed by atoms with van der Waals surface area (Å²) in [6.07, 6.45) is -1.22.